The van der Waals surface area contributed by atoms with Crippen molar-refractivity contribution in [3.8, 4) is 0 Å². The number of hydrogen-bond donors (Lipinski definition) is 1. The number of carbonyl (C=O) groups excluding carboxylic acids is 3. The van der Waals surface area contributed by atoms with E-state index in [-0.39, 0.29) is 17.0 Å². The molecule has 13 heteroatoms. The number of thiocarbonyl (C=S) groups is 1. The summed E-state index contributed by atoms with van der Waals surface area (Å²) in [6.07, 6.45) is 9.73. The Balaban J connectivity index is 0.00000160. The Hall–Kier alpha value is -5.30. The van der Waals surface area contributed by atoms with Crippen molar-refractivity contribution in [1.29, 1.82) is 0 Å². The summed E-state index contributed by atoms with van der Waals surface area (Å²) in [6, 6.07) is 33.7. The quantitative estimate of drug-likeness (QED) is 0.0863. The van der Waals surface area contributed by atoms with E-state index in [0.717, 1.165) is 70.5 Å². The average Bonchev–Trinajstić information content (AvgIpc) is 3.95. The van der Waals surface area contributed by atoms with Crippen molar-refractivity contribution in [3.05, 3.63) is 144 Å². The minimum atomic E-state index is -1.16. The van der Waals surface area contributed by atoms with E-state index in [0.29, 0.717) is 32.0 Å². The number of aromatic nitrogens is 1. The summed E-state index contributed by atoms with van der Waals surface area (Å²) in [6.45, 7) is 1.91. The fourth-order valence-electron chi connectivity index (χ4n) is 7.63. The van der Waals surface area contributed by atoms with Gasteiger partial charge in [-0.25, -0.2) is 0 Å². The van der Waals surface area contributed by atoms with Crippen LogP contribution in [0.25, 0.3) is 23.1 Å². The first-order valence-electron chi connectivity index (χ1n) is 18.4. The summed E-state index contributed by atoms with van der Waals surface area (Å²) >= 11 is 9.67. The van der Waals surface area contributed by atoms with E-state index in [1.807, 2.05) is 54.2 Å². The second kappa shape index (κ2) is 17.9. The lowest BCUT2D eigenvalue weighted by atomic mass is 9.96. The van der Waals surface area contributed by atoms with E-state index in [2.05, 4.69) is 84.6 Å². The molecule has 9 nitrogen and oxygen atoms in total. The Morgan fingerprint density at radius 3 is 2.26 bits per heavy atom. The summed E-state index contributed by atoms with van der Waals surface area (Å²) in [5.41, 5.74) is 7.28. The Bertz CT molecular complexity index is 2580. The van der Waals surface area contributed by atoms with Crippen LogP contribution in [-0.2, 0) is 32.3 Å². The maximum absolute atomic E-state index is 13.8. The number of nitrogens with zero attached hydrogens (tertiary/aromatic N) is 3. The number of hydrogen-bond acceptors (Lipinski definition) is 10. The van der Waals surface area contributed by atoms with Gasteiger partial charge in [-0.3, -0.25) is 23.9 Å². The first-order valence-corrected chi connectivity index (χ1v) is 21.4. The number of benzene rings is 4. The zero-order valence-electron chi connectivity index (χ0n) is 30.8. The van der Waals surface area contributed by atoms with Crippen LogP contribution in [0.5, 0.6) is 0 Å². The van der Waals surface area contributed by atoms with Gasteiger partial charge in [0.15, 0.2) is 0 Å². The van der Waals surface area contributed by atoms with E-state index in [1.54, 1.807) is 0 Å². The SMILES string of the molecule is CCSc1ccc(C=Cc2ccc(N3c4ccc(/C=c5\s/c(=C6/SC(=S)N(Cc7ccccc7)C6=O)n(CC(=O)O)c5=O)cc4C4CCCC43)cc2)cc1.O=C=O. The minimum absolute atomic E-state index is 0.250. The molecule has 1 aromatic heterocycles. The molecular weight excluding hydrogens is 795 g/mol. The molecule has 1 aliphatic carbocycles. The van der Waals surface area contributed by atoms with Gasteiger partial charge in [0, 0.05) is 28.2 Å². The van der Waals surface area contributed by atoms with Gasteiger partial charge in [-0.2, -0.15) is 9.59 Å². The maximum atomic E-state index is 13.8. The van der Waals surface area contributed by atoms with E-state index >= 15 is 0 Å². The second-order valence-electron chi connectivity index (χ2n) is 13.6. The van der Waals surface area contributed by atoms with Gasteiger partial charge < -0.3 is 10.0 Å². The zero-order chi connectivity index (χ0) is 40.1. The lowest BCUT2D eigenvalue weighted by Crippen LogP contribution is -2.35. The van der Waals surface area contributed by atoms with Crippen LogP contribution in [0.3, 0.4) is 0 Å². The number of carbonyl (C=O) groups is 2. The van der Waals surface area contributed by atoms with Crippen LogP contribution in [0, 0.1) is 0 Å². The molecule has 0 radical (unpaired) electrons. The standard InChI is InChI=1S/C43H37N3O4S4.CO2/c1-2-52-32-20-15-28(16-21-32)12-11-27-13-18-31(19-14-27)46-35-10-6-9-33(35)34-23-30(17-22-36(34)46)24-37-40(49)44(26-38(47)48)42(53-37)39-41(50)45(43(51)54-39)25-29-7-4-3-5-8-29;2-1-3/h3-5,7-8,11-24,33,35H,2,6,9-10,25-26H2,1H3,(H,47,48);/b12-11?,37-24-,42-39+;. The highest BCUT2D eigenvalue weighted by Crippen LogP contribution is 2.52. The Morgan fingerprint density at radius 1 is 0.930 bits per heavy atom. The van der Waals surface area contributed by atoms with Crippen LogP contribution in [0.15, 0.2) is 107 Å². The number of aliphatic carboxylic acids is 1. The predicted octanol–water partition coefficient (Wildman–Crippen LogP) is 7.48. The molecule has 0 spiro atoms. The average molecular weight is 832 g/mol. The number of carboxylic acids is 1. The molecule has 1 amide bonds. The van der Waals surface area contributed by atoms with Gasteiger partial charge in [-0.15, -0.1) is 23.1 Å². The van der Waals surface area contributed by atoms with Gasteiger partial charge in [-0.1, -0.05) is 110 Å². The third-order valence-corrected chi connectivity index (χ3v) is 13.7. The highest BCUT2D eigenvalue weighted by Gasteiger charge is 2.42. The topological polar surface area (TPSA) is 117 Å². The molecule has 2 aliphatic heterocycles. The molecule has 4 aromatic carbocycles. The Labute approximate surface area is 347 Å². The number of rotatable bonds is 10. The second-order valence-corrected chi connectivity index (χ2v) is 17.6. The van der Waals surface area contributed by atoms with E-state index in [1.165, 1.54) is 31.2 Å². The number of thiazole rings is 1. The maximum Gasteiger partial charge on any atom is 0.373 e. The van der Waals surface area contributed by atoms with Gasteiger partial charge in [-0.05, 0) is 88.9 Å². The van der Waals surface area contributed by atoms with Crippen LogP contribution in [0.4, 0.5) is 11.4 Å². The number of thioether (sulfide) groups is 2. The fourth-order valence-corrected chi connectivity index (χ4v) is 10.8. The van der Waals surface area contributed by atoms with Crippen LogP contribution in [-0.4, -0.2) is 48.7 Å². The normalized spacial score (nSPS) is 18.4. The smallest absolute Gasteiger partial charge is 0.373 e. The van der Waals surface area contributed by atoms with Crippen LogP contribution < -0.4 is 19.7 Å². The molecule has 2 atom stereocenters. The summed E-state index contributed by atoms with van der Waals surface area (Å²) < 4.78 is 2.25. The van der Waals surface area contributed by atoms with E-state index < -0.39 is 18.1 Å². The first-order chi connectivity index (χ1) is 27.7. The van der Waals surface area contributed by atoms with Crippen molar-refractivity contribution in [3.63, 3.8) is 0 Å². The van der Waals surface area contributed by atoms with Gasteiger partial charge in [0.05, 0.1) is 11.1 Å². The molecule has 8 rings (SSSR count). The molecule has 3 aliphatic rings. The van der Waals surface area contributed by atoms with Crippen molar-refractivity contribution < 1.29 is 24.3 Å². The van der Waals surface area contributed by atoms with Crippen molar-refractivity contribution in [2.45, 2.75) is 56.1 Å². The van der Waals surface area contributed by atoms with Gasteiger partial charge in [0.25, 0.3) is 11.5 Å². The summed E-state index contributed by atoms with van der Waals surface area (Å²) in [5, 5.41) is 9.74. The predicted molar refractivity (Wildman–Crippen MR) is 232 cm³/mol. The Kier molecular flexibility index (Phi) is 12.5. The lowest BCUT2D eigenvalue weighted by molar-refractivity contribution is -0.191. The number of anilines is 2. The van der Waals surface area contributed by atoms with Crippen molar-refractivity contribution in [2.24, 2.45) is 0 Å². The van der Waals surface area contributed by atoms with Crippen molar-refractivity contribution in [2.75, 3.05) is 10.7 Å². The fraction of sp³-hybridized carbons (Fsp3) is 0.205. The summed E-state index contributed by atoms with van der Waals surface area (Å²) in [7, 11) is 0. The van der Waals surface area contributed by atoms with Crippen LogP contribution >= 0.6 is 47.1 Å². The number of fused-ring (bicyclic) bond motifs is 3. The third kappa shape index (κ3) is 8.68. The molecule has 288 valence electrons. The molecule has 57 heavy (non-hydrogen) atoms. The molecule has 1 saturated carbocycles. The molecule has 5 aromatic rings. The lowest BCUT2D eigenvalue weighted by Gasteiger charge is -2.27. The summed E-state index contributed by atoms with van der Waals surface area (Å²) in [5.74, 6) is -0.0455. The van der Waals surface area contributed by atoms with Crippen molar-refractivity contribution >= 4 is 104 Å². The monoisotopic (exact) mass is 831 g/mol. The summed E-state index contributed by atoms with van der Waals surface area (Å²) in [4.78, 5) is 61.1. The zero-order valence-corrected chi connectivity index (χ0v) is 34.1. The molecule has 0 bridgehead atoms. The largest absolute Gasteiger partial charge is 0.480 e. The number of carboxylic acid groups (broad SMARTS) is 1. The molecule has 1 saturated heterocycles. The van der Waals surface area contributed by atoms with Gasteiger partial charge in [0.2, 0.25) is 0 Å². The number of amides is 1. The highest BCUT2D eigenvalue weighted by molar-refractivity contribution is 8.30. The highest BCUT2D eigenvalue weighted by atomic mass is 32.2. The van der Waals surface area contributed by atoms with E-state index in [4.69, 9.17) is 21.8 Å². The third-order valence-electron chi connectivity index (χ3n) is 10.1. The van der Waals surface area contributed by atoms with Crippen molar-refractivity contribution in [1.82, 2.24) is 9.47 Å². The first kappa shape index (κ1) is 39.9. The van der Waals surface area contributed by atoms with Gasteiger partial charge >= 0.3 is 12.1 Å². The van der Waals surface area contributed by atoms with Crippen LogP contribution in [0.1, 0.15) is 59.9 Å². The molecule has 2 fully saturated rings. The van der Waals surface area contributed by atoms with Gasteiger partial charge in [0.1, 0.15) is 20.4 Å². The van der Waals surface area contributed by atoms with E-state index in [9.17, 15) is 19.5 Å². The molecule has 1 N–H and O–H groups in total. The minimum Gasteiger partial charge on any atom is -0.480 e. The molecule has 2 unspecified atom stereocenters. The molecule has 3 heterocycles. The molecular formula is C44H37N3O6S4. The van der Waals surface area contributed by atoms with Crippen LogP contribution in [0.2, 0.25) is 0 Å². The Morgan fingerprint density at radius 2 is 1.60 bits per heavy atom.